The monoisotopic (exact) mass is 478 g/mol. The van der Waals surface area contributed by atoms with Crippen molar-refractivity contribution in [2.75, 3.05) is 0 Å². The third-order valence-corrected chi connectivity index (χ3v) is 4.07. The van der Waals surface area contributed by atoms with Crippen molar-refractivity contribution in [1.82, 2.24) is 16.0 Å². The van der Waals surface area contributed by atoms with Crippen LogP contribution in [0, 0.1) is 0 Å². The molecular weight excluding hydrogens is 452 g/mol. The highest BCUT2D eigenvalue weighted by atomic mass is 16.4. The zero-order valence-electron chi connectivity index (χ0n) is 17.4. The third kappa shape index (κ3) is 11.4. The smallest absolute Gasteiger partial charge is 0.326 e. The van der Waals surface area contributed by atoms with E-state index >= 15 is 0 Å². The number of carboxylic acids is 4. The molecule has 0 aromatic heterocycles. The number of aliphatic hydroxyl groups is 1. The lowest BCUT2D eigenvalue weighted by atomic mass is 10.1. The summed E-state index contributed by atoms with van der Waals surface area (Å²) in [4.78, 5) is 80.4. The molecule has 186 valence electrons. The van der Waals surface area contributed by atoms with Gasteiger partial charge in [0.25, 0.3) is 0 Å². The van der Waals surface area contributed by atoms with Gasteiger partial charge in [0.1, 0.15) is 18.1 Å². The fraction of sp³-hybridized carbons (Fsp3) is 0.588. The lowest BCUT2D eigenvalue weighted by Crippen LogP contribution is -2.60. The van der Waals surface area contributed by atoms with Crippen LogP contribution in [0.1, 0.15) is 32.6 Å². The molecule has 0 radical (unpaired) electrons. The number of carbonyl (C=O) groups excluding carboxylic acids is 3. The maximum atomic E-state index is 12.5. The second-order valence-electron chi connectivity index (χ2n) is 6.92. The van der Waals surface area contributed by atoms with E-state index in [-0.39, 0.29) is 6.42 Å². The molecule has 0 aromatic rings. The molecule has 0 bridgehead atoms. The van der Waals surface area contributed by atoms with Gasteiger partial charge in [0, 0.05) is 6.42 Å². The number of nitrogens with two attached hydrogens (primary N) is 1. The van der Waals surface area contributed by atoms with Crippen LogP contribution in [0.5, 0.6) is 0 Å². The molecule has 0 rings (SSSR count). The van der Waals surface area contributed by atoms with Gasteiger partial charge in [-0.3, -0.25) is 28.8 Å². The van der Waals surface area contributed by atoms with E-state index < -0.39 is 91.1 Å². The fourth-order valence-electron chi connectivity index (χ4n) is 2.37. The van der Waals surface area contributed by atoms with Crippen LogP contribution < -0.4 is 21.7 Å². The minimum atomic E-state index is -1.93. The molecule has 33 heavy (non-hydrogen) atoms. The summed E-state index contributed by atoms with van der Waals surface area (Å²) in [5, 5.41) is 50.9. The average Bonchev–Trinajstić information content (AvgIpc) is 2.67. The van der Waals surface area contributed by atoms with Crippen molar-refractivity contribution in [3.05, 3.63) is 0 Å². The summed E-state index contributed by atoms with van der Waals surface area (Å²) in [5.74, 6) is -9.71. The van der Waals surface area contributed by atoms with Gasteiger partial charge in [0.2, 0.25) is 17.7 Å². The third-order valence-electron chi connectivity index (χ3n) is 4.07. The van der Waals surface area contributed by atoms with Gasteiger partial charge in [-0.15, -0.1) is 0 Å². The molecule has 3 amide bonds. The Balaban J connectivity index is 5.44. The summed E-state index contributed by atoms with van der Waals surface area (Å²) in [5.41, 5.74) is 5.52. The molecule has 0 aromatic carbocycles. The number of aliphatic hydroxyl groups excluding tert-OH is 1. The highest BCUT2D eigenvalue weighted by Gasteiger charge is 2.34. The highest BCUT2D eigenvalue weighted by molar-refractivity contribution is 5.96. The quantitative estimate of drug-likeness (QED) is 0.109. The highest BCUT2D eigenvalue weighted by Crippen LogP contribution is 2.03. The molecule has 10 N–H and O–H groups in total. The number of rotatable bonds is 15. The number of nitrogens with one attached hydrogen (secondary N) is 3. The van der Waals surface area contributed by atoms with Crippen LogP contribution in [-0.4, -0.2) is 97.4 Å². The Labute approximate surface area is 186 Å². The maximum Gasteiger partial charge on any atom is 0.326 e. The van der Waals surface area contributed by atoms with Gasteiger partial charge in [0.05, 0.1) is 25.0 Å². The SMILES string of the molecule is CC(O)C(NC(=O)C(N)CCC(=O)O)C(=O)NC(CC(=O)O)C(=O)NC(CC(=O)O)C(=O)O. The van der Waals surface area contributed by atoms with Gasteiger partial charge >= 0.3 is 23.9 Å². The summed E-state index contributed by atoms with van der Waals surface area (Å²) in [6, 6.07) is -6.93. The largest absolute Gasteiger partial charge is 0.481 e. The number of carboxylic acid groups (broad SMARTS) is 4. The Kier molecular flexibility index (Phi) is 12.0. The second-order valence-corrected chi connectivity index (χ2v) is 6.92. The van der Waals surface area contributed by atoms with Gasteiger partial charge < -0.3 is 47.2 Å². The summed E-state index contributed by atoms with van der Waals surface area (Å²) >= 11 is 0. The van der Waals surface area contributed by atoms with Gasteiger partial charge in [-0.05, 0) is 13.3 Å². The Morgan fingerprint density at radius 1 is 0.727 bits per heavy atom. The molecule has 16 heteroatoms. The van der Waals surface area contributed by atoms with Gasteiger partial charge in [0.15, 0.2) is 0 Å². The van der Waals surface area contributed by atoms with E-state index in [1.54, 1.807) is 5.32 Å². The van der Waals surface area contributed by atoms with Crippen molar-refractivity contribution < 1.29 is 59.1 Å². The first-order chi connectivity index (χ1) is 15.1. The first-order valence-electron chi connectivity index (χ1n) is 9.38. The molecule has 0 fully saturated rings. The summed E-state index contributed by atoms with van der Waals surface area (Å²) in [6.45, 7) is 1.08. The summed E-state index contributed by atoms with van der Waals surface area (Å²) in [6.07, 6.45) is -4.40. The fourth-order valence-corrected chi connectivity index (χ4v) is 2.37. The van der Waals surface area contributed by atoms with Crippen LogP contribution in [-0.2, 0) is 33.6 Å². The molecule has 5 atom stereocenters. The van der Waals surface area contributed by atoms with Gasteiger partial charge in [-0.1, -0.05) is 0 Å². The van der Waals surface area contributed by atoms with Gasteiger partial charge in [-0.25, -0.2) is 4.79 Å². The molecule has 0 spiro atoms. The second kappa shape index (κ2) is 13.6. The van der Waals surface area contributed by atoms with Gasteiger partial charge in [-0.2, -0.15) is 0 Å². The molecule has 0 aliphatic heterocycles. The minimum absolute atomic E-state index is 0.292. The number of hydrogen-bond acceptors (Lipinski definition) is 9. The Hall–Kier alpha value is -3.79. The number of carbonyl (C=O) groups is 7. The Morgan fingerprint density at radius 3 is 1.64 bits per heavy atom. The molecule has 0 aliphatic carbocycles. The number of hydrogen-bond donors (Lipinski definition) is 9. The Morgan fingerprint density at radius 2 is 1.21 bits per heavy atom. The van der Waals surface area contributed by atoms with Crippen LogP contribution in [0.15, 0.2) is 0 Å². The molecule has 0 saturated carbocycles. The summed E-state index contributed by atoms with van der Waals surface area (Å²) in [7, 11) is 0. The average molecular weight is 478 g/mol. The predicted molar refractivity (Wildman–Crippen MR) is 104 cm³/mol. The van der Waals surface area contributed by atoms with Crippen molar-refractivity contribution in [2.45, 2.75) is 62.9 Å². The van der Waals surface area contributed by atoms with E-state index in [2.05, 4.69) is 5.32 Å². The zero-order valence-corrected chi connectivity index (χ0v) is 17.4. The Bertz CT molecular complexity index is 784. The molecule has 0 saturated heterocycles. The maximum absolute atomic E-state index is 12.5. The van der Waals surface area contributed by atoms with Crippen LogP contribution in [0.25, 0.3) is 0 Å². The molecular formula is C17H26N4O12. The number of amides is 3. The minimum Gasteiger partial charge on any atom is -0.481 e. The van der Waals surface area contributed by atoms with E-state index in [9.17, 15) is 38.7 Å². The van der Waals surface area contributed by atoms with Crippen molar-refractivity contribution in [3.63, 3.8) is 0 Å². The van der Waals surface area contributed by atoms with Crippen molar-refractivity contribution >= 4 is 41.6 Å². The number of aliphatic carboxylic acids is 4. The van der Waals surface area contributed by atoms with Crippen LogP contribution in [0.3, 0.4) is 0 Å². The van der Waals surface area contributed by atoms with E-state index in [1.807, 2.05) is 5.32 Å². The molecule has 0 heterocycles. The van der Waals surface area contributed by atoms with Crippen LogP contribution in [0.4, 0.5) is 0 Å². The van der Waals surface area contributed by atoms with E-state index in [0.29, 0.717) is 0 Å². The molecule has 5 unspecified atom stereocenters. The van der Waals surface area contributed by atoms with Crippen LogP contribution >= 0.6 is 0 Å². The zero-order chi connectivity index (χ0) is 25.9. The first kappa shape index (κ1) is 29.2. The summed E-state index contributed by atoms with van der Waals surface area (Å²) < 4.78 is 0. The normalized spacial score (nSPS) is 15.1. The van der Waals surface area contributed by atoms with E-state index in [0.717, 1.165) is 6.92 Å². The van der Waals surface area contributed by atoms with Crippen LogP contribution in [0.2, 0.25) is 0 Å². The van der Waals surface area contributed by atoms with Crippen molar-refractivity contribution in [3.8, 4) is 0 Å². The lowest BCUT2D eigenvalue weighted by Gasteiger charge is -2.25. The standard InChI is InChI=1S/C17H26N4O12/c1-6(22)13(21-14(29)7(18)2-3-10(23)24)16(31)19-8(4-11(25)26)15(30)20-9(17(32)33)5-12(27)28/h6-9,13,22H,2-5,18H2,1H3,(H,19,31)(H,20,30)(H,21,29)(H,23,24)(H,25,26)(H,27,28)(H,32,33). The topological polar surface area (TPSA) is 283 Å². The lowest BCUT2D eigenvalue weighted by molar-refractivity contribution is -0.148. The predicted octanol–water partition coefficient (Wildman–Crippen LogP) is -3.95. The molecule has 0 aliphatic rings. The molecule has 16 nitrogen and oxygen atoms in total. The van der Waals surface area contributed by atoms with E-state index in [1.165, 1.54) is 0 Å². The van der Waals surface area contributed by atoms with Crippen molar-refractivity contribution in [2.24, 2.45) is 5.73 Å². The first-order valence-corrected chi connectivity index (χ1v) is 9.38. The van der Waals surface area contributed by atoms with Crippen molar-refractivity contribution in [1.29, 1.82) is 0 Å². The van der Waals surface area contributed by atoms with E-state index in [4.69, 9.17) is 26.2 Å².